The first kappa shape index (κ1) is 19.5. The van der Waals surface area contributed by atoms with Gasteiger partial charge in [-0.1, -0.05) is 54.6 Å². The van der Waals surface area contributed by atoms with Crippen molar-refractivity contribution in [2.45, 2.75) is 19.0 Å². The molecule has 0 bridgehead atoms. The molecule has 0 unspecified atom stereocenters. The molecule has 28 heavy (non-hydrogen) atoms. The molecule has 1 atom stereocenters. The highest BCUT2D eigenvalue weighted by atomic mass is 19.1. The van der Waals surface area contributed by atoms with Crippen molar-refractivity contribution in [2.24, 2.45) is 0 Å². The molecule has 0 spiro atoms. The van der Waals surface area contributed by atoms with E-state index in [0.717, 1.165) is 16.3 Å². The number of carbonyl (C=O) groups is 2. The summed E-state index contributed by atoms with van der Waals surface area (Å²) in [4.78, 5) is 24.5. The second-order valence-electron chi connectivity index (χ2n) is 6.51. The standard InChI is InChI=1S/C22H21FN2O3/c23-19-9-6-15(7-10-19)13-24-22(28)20(14-26)25-21(27)12-16-5-8-17-3-1-2-4-18(17)11-16/h1-11,20,26H,12-14H2,(H,24,28)(H,25,27)/t20-/m0/s1. The van der Waals surface area contributed by atoms with Crippen LogP contribution in [-0.2, 0) is 22.6 Å². The van der Waals surface area contributed by atoms with Gasteiger partial charge in [0.25, 0.3) is 0 Å². The largest absolute Gasteiger partial charge is 0.394 e. The van der Waals surface area contributed by atoms with Gasteiger partial charge in [0.05, 0.1) is 13.0 Å². The van der Waals surface area contributed by atoms with Crippen LogP contribution in [0.4, 0.5) is 4.39 Å². The number of aliphatic hydroxyl groups excluding tert-OH is 1. The number of hydrogen-bond acceptors (Lipinski definition) is 3. The van der Waals surface area contributed by atoms with Gasteiger partial charge in [0.15, 0.2) is 0 Å². The van der Waals surface area contributed by atoms with Crippen molar-refractivity contribution in [3.8, 4) is 0 Å². The molecule has 2 amide bonds. The first-order valence-electron chi connectivity index (χ1n) is 8.95. The van der Waals surface area contributed by atoms with Gasteiger partial charge in [-0.3, -0.25) is 9.59 Å². The van der Waals surface area contributed by atoms with E-state index in [4.69, 9.17) is 0 Å². The summed E-state index contributed by atoms with van der Waals surface area (Å²) in [5, 5.41) is 16.7. The molecule has 3 N–H and O–H groups in total. The summed E-state index contributed by atoms with van der Waals surface area (Å²) in [5.41, 5.74) is 1.54. The van der Waals surface area contributed by atoms with Crippen molar-refractivity contribution in [1.29, 1.82) is 0 Å². The molecular weight excluding hydrogens is 359 g/mol. The minimum atomic E-state index is -1.05. The number of rotatable bonds is 7. The Kier molecular flexibility index (Phi) is 6.34. The summed E-state index contributed by atoms with van der Waals surface area (Å²) in [6.07, 6.45) is 0.104. The molecule has 0 aliphatic heterocycles. The summed E-state index contributed by atoms with van der Waals surface area (Å²) < 4.78 is 12.9. The fourth-order valence-corrected chi connectivity index (χ4v) is 2.89. The SMILES string of the molecule is O=C(Cc1ccc2ccccc2c1)N[C@@H](CO)C(=O)NCc1ccc(F)cc1. The van der Waals surface area contributed by atoms with Crippen LogP contribution in [0.15, 0.2) is 66.7 Å². The van der Waals surface area contributed by atoms with Crippen LogP contribution in [0.25, 0.3) is 10.8 Å². The Morgan fingerprint density at radius 1 is 0.929 bits per heavy atom. The average Bonchev–Trinajstić information content (AvgIpc) is 2.71. The maximum Gasteiger partial charge on any atom is 0.245 e. The summed E-state index contributed by atoms with van der Waals surface area (Å²) in [7, 11) is 0. The highest BCUT2D eigenvalue weighted by molar-refractivity contribution is 5.89. The molecule has 0 aliphatic rings. The van der Waals surface area contributed by atoms with E-state index in [9.17, 15) is 19.1 Å². The molecule has 0 saturated heterocycles. The number of benzene rings is 3. The van der Waals surface area contributed by atoms with Crippen molar-refractivity contribution < 1.29 is 19.1 Å². The van der Waals surface area contributed by atoms with Gasteiger partial charge in [0.2, 0.25) is 11.8 Å². The molecule has 6 heteroatoms. The fraction of sp³-hybridized carbons (Fsp3) is 0.182. The number of halogens is 1. The summed E-state index contributed by atoms with van der Waals surface area (Å²) in [6, 6.07) is 18.2. The molecule has 5 nitrogen and oxygen atoms in total. The van der Waals surface area contributed by atoms with E-state index in [0.29, 0.717) is 5.56 Å². The fourth-order valence-electron chi connectivity index (χ4n) is 2.89. The van der Waals surface area contributed by atoms with E-state index < -0.39 is 18.6 Å². The van der Waals surface area contributed by atoms with Crippen LogP contribution in [-0.4, -0.2) is 29.6 Å². The number of fused-ring (bicyclic) bond motifs is 1. The van der Waals surface area contributed by atoms with Gasteiger partial charge in [-0.15, -0.1) is 0 Å². The maximum absolute atomic E-state index is 12.9. The molecule has 0 radical (unpaired) electrons. The van der Waals surface area contributed by atoms with Gasteiger partial charge < -0.3 is 15.7 Å². The second-order valence-corrected chi connectivity index (χ2v) is 6.51. The molecule has 3 aromatic rings. The Bertz CT molecular complexity index is 973. The van der Waals surface area contributed by atoms with Gasteiger partial charge in [0, 0.05) is 6.54 Å². The Hall–Kier alpha value is -3.25. The lowest BCUT2D eigenvalue weighted by Gasteiger charge is -2.16. The van der Waals surface area contributed by atoms with Gasteiger partial charge in [0.1, 0.15) is 11.9 Å². The predicted octanol–water partition coefficient (Wildman–Crippen LogP) is 2.31. The zero-order valence-electron chi connectivity index (χ0n) is 15.2. The van der Waals surface area contributed by atoms with Crippen LogP contribution in [0.5, 0.6) is 0 Å². The van der Waals surface area contributed by atoms with Crippen molar-refractivity contribution in [1.82, 2.24) is 10.6 Å². The van der Waals surface area contributed by atoms with Crippen molar-refractivity contribution in [2.75, 3.05) is 6.61 Å². The lowest BCUT2D eigenvalue weighted by molar-refractivity contribution is -0.129. The number of carbonyl (C=O) groups excluding carboxylic acids is 2. The van der Waals surface area contributed by atoms with Crippen LogP contribution in [0.2, 0.25) is 0 Å². The van der Waals surface area contributed by atoms with Gasteiger partial charge in [-0.2, -0.15) is 0 Å². The second kappa shape index (κ2) is 9.10. The van der Waals surface area contributed by atoms with E-state index in [2.05, 4.69) is 10.6 Å². The molecular formula is C22H21FN2O3. The van der Waals surface area contributed by atoms with Crippen LogP contribution in [0, 0.1) is 5.82 Å². The number of aliphatic hydroxyl groups is 1. The zero-order chi connectivity index (χ0) is 19.9. The summed E-state index contributed by atoms with van der Waals surface area (Å²) >= 11 is 0. The molecule has 3 rings (SSSR count). The van der Waals surface area contributed by atoms with E-state index in [-0.39, 0.29) is 24.7 Å². The van der Waals surface area contributed by atoms with Crippen LogP contribution >= 0.6 is 0 Å². The molecule has 0 fully saturated rings. The van der Waals surface area contributed by atoms with E-state index in [1.54, 1.807) is 12.1 Å². The first-order valence-corrected chi connectivity index (χ1v) is 8.95. The van der Waals surface area contributed by atoms with Crippen LogP contribution in [0.3, 0.4) is 0 Å². The molecule has 0 saturated carbocycles. The third-order valence-corrected chi connectivity index (χ3v) is 4.39. The van der Waals surface area contributed by atoms with Gasteiger partial charge in [-0.25, -0.2) is 4.39 Å². The monoisotopic (exact) mass is 380 g/mol. The Morgan fingerprint density at radius 3 is 2.32 bits per heavy atom. The predicted molar refractivity (Wildman–Crippen MR) is 105 cm³/mol. The third kappa shape index (κ3) is 5.14. The highest BCUT2D eigenvalue weighted by Crippen LogP contribution is 2.16. The molecule has 0 aromatic heterocycles. The van der Waals surface area contributed by atoms with Crippen molar-refractivity contribution in [3.63, 3.8) is 0 Å². The first-order chi connectivity index (χ1) is 13.5. The van der Waals surface area contributed by atoms with Crippen LogP contribution < -0.4 is 10.6 Å². The third-order valence-electron chi connectivity index (χ3n) is 4.39. The lowest BCUT2D eigenvalue weighted by Crippen LogP contribution is -2.49. The van der Waals surface area contributed by atoms with E-state index in [1.807, 2.05) is 42.5 Å². The molecule has 0 heterocycles. The topological polar surface area (TPSA) is 78.4 Å². The smallest absolute Gasteiger partial charge is 0.245 e. The molecule has 144 valence electrons. The average molecular weight is 380 g/mol. The van der Waals surface area contributed by atoms with E-state index in [1.165, 1.54) is 12.1 Å². The lowest BCUT2D eigenvalue weighted by atomic mass is 10.0. The minimum absolute atomic E-state index is 0.104. The number of amides is 2. The number of nitrogens with one attached hydrogen (secondary N) is 2. The molecule has 3 aromatic carbocycles. The van der Waals surface area contributed by atoms with Crippen molar-refractivity contribution in [3.05, 3.63) is 83.7 Å². The van der Waals surface area contributed by atoms with Crippen molar-refractivity contribution >= 4 is 22.6 Å². The maximum atomic E-state index is 12.9. The van der Waals surface area contributed by atoms with Gasteiger partial charge >= 0.3 is 0 Å². The summed E-state index contributed by atoms with van der Waals surface area (Å²) in [5.74, 6) is -1.21. The summed E-state index contributed by atoms with van der Waals surface area (Å²) in [6.45, 7) is -0.338. The van der Waals surface area contributed by atoms with Crippen LogP contribution in [0.1, 0.15) is 11.1 Å². The normalized spacial score (nSPS) is 11.8. The quantitative estimate of drug-likeness (QED) is 0.589. The Morgan fingerprint density at radius 2 is 1.61 bits per heavy atom. The molecule has 0 aliphatic carbocycles. The number of hydrogen-bond donors (Lipinski definition) is 3. The Labute approximate surface area is 162 Å². The van der Waals surface area contributed by atoms with Gasteiger partial charge in [-0.05, 0) is 34.0 Å². The Balaban J connectivity index is 1.55. The minimum Gasteiger partial charge on any atom is -0.394 e. The highest BCUT2D eigenvalue weighted by Gasteiger charge is 2.19. The zero-order valence-corrected chi connectivity index (χ0v) is 15.2. The van der Waals surface area contributed by atoms with E-state index >= 15 is 0 Å².